The van der Waals surface area contributed by atoms with Gasteiger partial charge in [-0.15, -0.1) is 0 Å². The van der Waals surface area contributed by atoms with Crippen LogP contribution in [0.1, 0.15) is 0 Å². The maximum atomic E-state index is 13.3. The fourth-order valence-electron chi connectivity index (χ4n) is 3.62. The van der Waals surface area contributed by atoms with Crippen LogP contribution >= 0.6 is 0 Å². The molecule has 1 fully saturated rings. The molecule has 1 saturated heterocycles. The number of anilines is 1. The Labute approximate surface area is 180 Å². The first-order chi connectivity index (χ1) is 14.9. The molecule has 1 atom stereocenters. The van der Waals surface area contributed by atoms with Gasteiger partial charge in [0.15, 0.2) is 17.6 Å². The van der Waals surface area contributed by atoms with Crippen LogP contribution in [0.25, 0.3) is 0 Å². The molecular formula is C20H23N3O7S. The van der Waals surface area contributed by atoms with E-state index in [4.69, 9.17) is 14.2 Å². The Kier molecular flexibility index (Phi) is 5.99. The summed E-state index contributed by atoms with van der Waals surface area (Å²) in [5.74, 6) is 1.28. The zero-order valence-corrected chi connectivity index (χ0v) is 17.8. The number of hydrogen-bond donors (Lipinski definition) is 0. The van der Waals surface area contributed by atoms with E-state index in [1.807, 2.05) is 24.3 Å². The summed E-state index contributed by atoms with van der Waals surface area (Å²) < 4.78 is 44.9. The zero-order chi connectivity index (χ0) is 22.0. The van der Waals surface area contributed by atoms with E-state index in [1.54, 1.807) is 11.9 Å². The van der Waals surface area contributed by atoms with E-state index in [9.17, 15) is 18.5 Å². The van der Waals surface area contributed by atoms with Crippen molar-refractivity contribution in [2.24, 2.45) is 0 Å². The maximum absolute atomic E-state index is 13.3. The Bertz CT molecular complexity index is 1070. The highest BCUT2D eigenvalue weighted by Gasteiger charge is 2.32. The first kappa shape index (κ1) is 21.3. The molecule has 0 N–H and O–H groups in total. The van der Waals surface area contributed by atoms with Crippen molar-refractivity contribution in [1.82, 2.24) is 4.31 Å². The lowest BCUT2D eigenvalue weighted by atomic mass is 10.2. The monoisotopic (exact) mass is 449 g/mol. The first-order valence-corrected chi connectivity index (χ1v) is 11.3. The molecule has 0 amide bonds. The van der Waals surface area contributed by atoms with Crippen LogP contribution in [0.2, 0.25) is 0 Å². The van der Waals surface area contributed by atoms with Crippen LogP contribution in [-0.2, 0) is 14.8 Å². The molecule has 0 saturated carbocycles. The van der Waals surface area contributed by atoms with Crippen molar-refractivity contribution in [3.63, 3.8) is 0 Å². The molecule has 0 bridgehead atoms. The molecule has 2 heterocycles. The number of benzene rings is 2. The summed E-state index contributed by atoms with van der Waals surface area (Å²) in [6, 6.07) is 11.2. The van der Waals surface area contributed by atoms with E-state index in [2.05, 4.69) is 0 Å². The van der Waals surface area contributed by atoms with Crippen molar-refractivity contribution in [2.45, 2.75) is 11.0 Å². The topological polar surface area (TPSA) is 111 Å². The molecule has 0 radical (unpaired) electrons. The van der Waals surface area contributed by atoms with Crippen molar-refractivity contribution >= 4 is 21.4 Å². The Morgan fingerprint density at radius 3 is 2.58 bits per heavy atom. The molecule has 166 valence electrons. The quantitative estimate of drug-likeness (QED) is 0.486. The second-order valence-corrected chi connectivity index (χ2v) is 9.21. The lowest BCUT2D eigenvalue weighted by Gasteiger charge is -2.32. The van der Waals surface area contributed by atoms with Gasteiger partial charge in [-0.05, 0) is 18.2 Å². The van der Waals surface area contributed by atoms with Gasteiger partial charge in [-0.3, -0.25) is 10.1 Å². The van der Waals surface area contributed by atoms with Gasteiger partial charge in [-0.25, -0.2) is 8.42 Å². The largest absolute Gasteiger partial charge is 0.486 e. The van der Waals surface area contributed by atoms with E-state index < -0.39 is 14.9 Å². The zero-order valence-electron chi connectivity index (χ0n) is 17.0. The fourth-order valence-corrected chi connectivity index (χ4v) is 5.29. The van der Waals surface area contributed by atoms with Gasteiger partial charge in [0, 0.05) is 32.3 Å². The van der Waals surface area contributed by atoms with Gasteiger partial charge >= 0.3 is 0 Å². The minimum Gasteiger partial charge on any atom is -0.486 e. The van der Waals surface area contributed by atoms with Crippen LogP contribution in [0.5, 0.6) is 11.5 Å². The van der Waals surface area contributed by atoms with E-state index >= 15 is 0 Å². The highest BCUT2D eigenvalue weighted by Crippen LogP contribution is 2.34. The number of fused-ring (bicyclic) bond motifs is 1. The summed E-state index contributed by atoms with van der Waals surface area (Å²) in [5, 5.41) is 11.3. The smallest absolute Gasteiger partial charge is 0.270 e. The van der Waals surface area contributed by atoms with Crippen LogP contribution in [0, 0.1) is 10.1 Å². The highest BCUT2D eigenvalue weighted by atomic mass is 32.2. The van der Waals surface area contributed by atoms with Gasteiger partial charge in [-0.2, -0.15) is 4.31 Å². The summed E-state index contributed by atoms with van der Waals surface area (Å²) in [6.07, 6.45) is -0.339. The molecule has 0 aromatic heterocycles. The predicted octanol–water partition coefficient (Wildman–Crippen LogP) is 1.89. The Morgan fingerprint density at radius 1 is 1.16 bits per heavy atom. The normalized spacial score (nSPS) is 19.1. The lowest BCUT2D eigenvalue weighted by Crippen LogP contribution is -2.42. The summed E-state index contributed by atoms with van der Waals surface area (Å²) >= 11 is 0. The number of ether oxygens (including phenoxy) is 3. The van der Waals surface area contributed by atoms with Crippen molar-refractivity contribution in [3.05, 3.63) is 52.6 Å². The molecule has 0 spiro atoms. The predicted molar refractivity (Wildman–Crippen MR) is 112 cm³/mol. The molecule has 2 aliphatic rings. The van der Waals surface area contributed by atoms with E-state index in [0.717, 1.165) is 6.07 Å². The van der Waals surface area contributed by atoms with E-state index in [-0.39, 0.29) is 43.0 Å². The maximum Gasteiger partial charge on any atom is 0.270 e. The third-order valence-corrected chi connectivity index (χ3v) is 7.13. The number of nitro groups is 1. The van der Waals surface area contributed by atoms with Gasteiger partial charge in [0.25, 0.3) is 5.69 Å². The summed E-state index contributed by atoms with van der Waals surface area (Å²) in [7, 11) is -2.22. The lowest BCUT2D eigenvalue weighted by molar-refractivity contribution is -0.385. The molecule has 11 heteroatoms. The van der Waals surface area contributed by atoms with Crippen LogP contribution < -0.4 is 14.4 Å². The third-order valence-electron chi connectivity index (χ3n) is 5.20. The number of likely N-dealkylation sites (N-methyl/N-ethyl adjacent to an activating group) is 1. The fraction of sp³-hybridized carbons (Fsp3) is 0.400. The average Bonchev–Trinajstić information content (AvgIpc) is 2.79. The standard InChI is InChI=1S/C20H23N3O7S/c1-21(13-16-14-29-18-4-2-3-5-19(18)30-16)17-7-6-15(23(24)25)12-20(17)31(26,27)22-8-10-28-11-9-22/h2-7,12,16H,8-11,13-14H2,1H3/t16-/m0/s1. The molecule has 31 heavy (non-hydrogen) atoms. The van der Waals surface area contributed by atoms with Crippen LogP contribution in [-0.4, -0.2) is 70.3 Å². The number of rotatable bonds is 6. The van der Waals surface area contributed by atoms with Gasteiger partial charge in [0.2, 0.25) is 10.0 Å². The van der Waals surface area contributed by atoms with Crippen molar-refractivity contribution in [3.8, 4) is 11.5 Å². The van der Waals surface area contributed by atoms with Crippen LogP contribution in [0.4, 0.5) is 11.4 Å². The highest BCUT2D eigenvalue weighted by molar-refractivity contribution is 7.89. The van der Waals surface area contributed by atoms with Gasteiger partial charge in [0.05, 0.1) is 30.4 Å². The average molecular weight is 449 g/mol. The molecule has 2 aromatic carbocycles. The third kappa shape index (κ3) is 4.43. The second kappa shape index (κ2) is 8.69. The van der Waals surface area contributed by atoms with Gasteiger partial charge in [-0.1, -0.05) is 12.1 Å². The Hall–Kier alpha value is -2.89. The molecule has 2 aromatic rings. The van der Waals surface area contributed by atoms with Crippen molar-refractivity contribution in [2.75, 3.05) is 51.4 Å². The van der Waals surface area contributed by atoms with Crippen LogP contribution in [0.15, 0.2) is 47.4 Å². The summed E-state index contributed by atoms with van der Waals surface area (Å²) in [5.41, 5.74) is 0.0784. The summed E-state index contributed by atoms with van der Waals surface area (Å²) in [4.78, 5) is 12.3. The number of non-ortho nitro benzene ring substituents is 1. The minimum absolute atomic E-state index is 0.108. The van der Waals surface area contributed by atoms with E-state index in [0.29, 0.717) is 30.3 Å². The molecule has 0 aliphatic carbocycles. The molecule has 0 unspecified atom stereocenters. The van der Waals surface area contributed by atoms with Gasteiger partial charge < -0.3 is 19.1 Å². The number of nitro benzene ring substituents is 1. The number of hydrogen-bond acceptors (Lipinski definition) is 8. The second-order valence-electron chi connectivity index (χ2n) is 7.30. The molecule has 10 nitrogen and oxygen atoms in total. The Balaban J connectivity index is 1.62. The SMILES string of the molecule is CN(C[C@H]1COc2ccccc2O1)c1ccc([N+](=O)[O-])cc1S(=O)(=O)N1CCOCC1. The van der Waals surface area contributed by atoms with Crippen LogP contribution in [0.3, 0.4) is 0 Å². The number of para-hydroxylation sites is 2. The van der Waals surface area contributed by atoms with E-state index in [1.165, 1.54) is 16.4 Å². The van der Waals surface area contributed by atoms with Crippen molar-refractivity contribution in [1.29, 1.82) is 0 Å². The van der Waals surface area contributed by atoms with Gasteiger partial charge in [0.1, 0.15) is 11.5 Å². The number of sulfonamides is 1. The summed E-state index contributed by atoms with van der Waals surface area (Å²) in [6.45, 7) is 1.60. The van der Waals surface area contributed by atoms with Crippen molar-refractivity contribution < 1.29 is 27.6 Å². The number of morpholine rings is 1. The molecule has 2 aliphatic heterocycles. The molecular weight excluding hydrogens is 426 g/mol. The first-order valence-electron chi connectivity index (χ1n) is 9.82. The minimum atomic E-state index is -3.95. The Morgan fingerprint density at radius 2 is 1.87 bits per heavy atom. The molecule has 4 rings (SSSR count). The number of nitrogens with zero attached hydrogens (tertiary/aromatic N) is 3.